The van der Waals surface area contributed by atoms with Crippen LogP contribution in [-0.4, -0.2) is 16.9 Å². The predicted molar refractivity (Wildman–Crippen MR) is 80.1 cm³/mol. The fraction of sp³-hybridized carbons (Fsp3) is 0.529. The zero-order valence-electron chi connectivity index (χ0n) is 13.2. The Balaban J connectivity index is 3.30. The molecule has 0 amide bonds. The van der Waals surface area contributed by atoms with Gasteiger partial charge in [0, 0.05) is 11.5 Å². The minimum Gasteiger partial charge on any atom is -0.481 e. The van der Waals surface area contributed by atoms with Crippen molar-refractivity contribution in [2.75, 3.05) is 0 Å². The molecule has 0 heterocycles. The lowest BCUT2D eigenvalue weighted by Gasteiger charge is -2.25. The standard InChI is InChI=1S/C17H24O3/c1-9(2)14(13(6)17(19)20)16(18)15-11(4)7-10(3)8-12(15)5/h7-9,13-14H,1-6H3,(H,19,20). The summed E-state index contributed by atoms with van der Waals surface area (Å²) in [6, 6.07) is 3.95. The first-order valence-electron chi connectivity index (χ1n) is 7.01. The molecule has 2 atom stereocenters. The number of carbonyl (C=O) groups excluding carboxylic acids is 1. The minimum absolute atomic E-state index is 0.00583. The van der Waals surface area contributed by atoms with E-state index in [1.807, 2.05) is 46.8 Å². The smallest absolute Gasteiger partial charge is 0.306 e. The maximum Gasteiger partial charge on any atom is 0.306 e. The Kier molecular flexibility index (Phi) is 5.09. The number of carbonyl (C=O) groups is 2. The fourth-order valence-corrected chi connectivity index (χ4v) is 3.00. The van der Waals surface area contributed by atoms with E-state index in [9.17, 15) is 14.7 Å². The highest BCUT2D eigenvalue weighted by molar-refractivity contribution is 6.02. The van der Waals surface area contributed by atoms with Crippen molar-refractivity contribution in [3.05, 3.63) is 34.4 Å². The molecular formula is C17H24O3. The Labute approximate surface area is 121 Å². The van der Waals surface area contributed by atoms with Gasteiger partial charge < -0.3 is 5.11 Å². The molecule has 0 saturated carbocycles. The summed E-state index contributed by atoms with van der Waals surface area (Å²) in [5.74, 6) is -2.15. The molecule has 20 heavy (non-hydrogen) atoms. The predicted octanol–water partition coefficient (Wildman–Crippen LogP) is 3.79. The summed E-state index contributed by atoms with van der Waals surface area (Å²) in [4.78, 5) is 24.1. The van der Waals surface area contributed by atoms with Crippen LogP contribution in [0.25, 0.3) is 0 Å². The van der Waals surface area contributed by atoms with Gasteiger partial charge in [-0.25, -0.2) is 0 Å². The van der Waals surface area contributed by atoms with E-state index in [0.717, 1.165) is 16.7 Å². The normalized spacial score (nSPS) is 14.2. The molecule has 3 heteroatoms. The highest BCUT2D eigenvalue weighted by atomic mass is 16.4. The Morgan fingerprint density at radius 2 is 1.45 bits per heavy atom. The van der Waals surface area contributed by atoms with Gasteiger partial charge in [-0.15, -0.1) is 0 Å². The molecule has 0 spiro atoms. The van der Waals surface area contributed by atoms with Crippen LogP contribution in [0.4, 0.5) is 0 Å². The summed E-state index contributed by atoms with van der Waals surface area (Å²) in [6.45, 7) is 11.2. The van der Waals surface area contributed by atoms with Gasteiger partial charge in [0.25, 0.3) is 0 Å². The molecule has 1 rings (SSSR count). The summed E-state index contributed by atoms with van der Waals surface area (Å²) in [5, 5.41) is 9.23. The number of rotatable bonds is 5. The van der Waals surface area contributed by atoms with Gasteiger partial charge in [-0.2, -0.15) is 0 Å². The largest absolute Gasteiger partial charge is 0.481 e. The van der Waals surface area contributed by atoms with Gasteiger partial charge in [-0.1, -0.05) is 38.5 Å². The molecule has 0 aliphatic heterocycles. The van der Waals surface area contributed by atoms with Crippen LogP contribution in [-0.2, 0) is 4.79 Å². The van der Waals surface area contributed by atoms with Crippen LogP contribution in [0.3, 0.4) is 0 Å². The number of carboxylic acids is 1. The minimum atomic E-state index is -0.917. The van der Waals surface area contributed by atoms with Crippen LogP contribution in [0.1, 0.15) is 47.8 Å². The van der Waals surface area contributed by atoms with Crippen molar-refractivity contribution in [1.29, 1.82) is 0 Å². The fourth-order valence-electron chi connectivity index (χ4n) is 3.00. The van der Waals surface area contributed by atoms with Gasteiger partial charge in [-0.3, -0.25) is 9.59 Å². The van der Waals surface area contributed by atoms with Crippen molar-refractivity contribution >= 4 is 11.8 Å². The molecule has 0 aliphatic carbocycles. The van der Waals surface area contributed by atoms with Crippen molar-refractivity contribution in [3.8, 4) is 0 Å². The maximum absolute atomic E-state index is 12.8. The van der Waals surface area contributed by atoms with E-state index in [1.54, 1.807) is 6.92 Å². The Morgan fingerprint density at radius 3 is 1.80 bits per heavy atom. The van der Waals surface area contributed by atoms with E-state index < -0.39 is 17.8 Å². The summed E-state index contributed by atoms with van der Waals surface area (Å²) in [7, 11) is 0. The second-order valence-corrected chi connectivity index (χ2v) is 6.03. The van der Waals surface area contributed by atoms with E-state index in [-0.39, 0.29) is 11.7 Å². The third kappa shape index (κ3) is 3.27. The van der Waals surface area contributed by atoms with E-state index in [1.165, 1.54) is 0 Å². The number of Topliss-reactive ketones (excluding diaryl/α,β-unsaturated/α-hetero) is 1. The number of aliphatic carboxylic acids is 1. The summed E-state index contributed by atoms with van der Waals surface area (Å²) in [5.41, 5.74) is 3.65. The molecule has 2 unspecified atom stereocenters. The van der Waals surface area contributed by atoms with Crippen molar-refractivity contribution < 1.29 is 14.7 Å². The van der Waals surface area contributed by atoms with Crippen molar-refractivity contribution in [2.24, 2.45) is 17.8 Å². The maximum atomic E-state index is 12.8. The van der Waals surface area contributed by atoms with Crippen LogP contribution >= 0.6 is 0 Å². The van der Waals surface area contributed by atoms with Gasteiger partial charge in [0.15, 0.2) is 5.78 Å². The first-order valence-corrected chi connectivity index (χ1v) is 7.01. The van der Waals surface area contributed by atoms with Crippen LogP contribution < -0.4 is 0 Å². The number of hydrogen-bond acceptors (Lipinski definition) is 2. The van der Waals surface area contributed by atoms with Crippen molar-refractivity contribution in [3.63, 3.8) is 0 Å². The molecule has 110 valence electrons. The molecule has 1 N–H and O–H groups in total. The zero-order valence-corrected chi connectivity index (χ0v) is 13.2. The molecule has 1 aromatic rings. The first-order chi connectivity index (χ1) is 9.16. The van der Waals surface area contributed by atoms with Crippen molar-refractivity contribution in [2.45, 2.75) is 41.5 Å². The number of aryl methyl sites for hydroxylation is 3. The third-order valence-electron chi connectivity index (χ3n) is 3.87. The SMILES string of the molecule is Cc1cc(C)c(C(=O)C(C(C)C)C(C)C(=O)O)c(C)c1. The molecule has 0 aliphatic rings. The highest BCUT2D eigenvalue weighted by Gasteiger charge is 2.34. The van der Waals surface area contributed by atoms with Crippen LogP contribution in [0.15, 0.2) is 12.1 Å². The first kappa shape index (κ1) is 16.4. The number of carboxylic acid groups (broad SMARTS) is 1. The van der Waals surface area contributed by atoms with E-state index >= 15 is 0 Å². The zero-order chi connectivity index (χ0) is 15.6. The number of benzene rings is 1. The molecule has 0 radical (unpaired) electrons. The second kappa shape index (κ2) is 6.21. The quantitative estimate of drug-likeness (QED) is 0.832. The second-order valence-electron chi connectivity index (χ2n) is 6.03. The summed E-state index contributed by atoms with van der Waals surface area (Å²) < 4.78 is 0. The molecule has 0 fully saturated rings. The molecule has 1 aromatic carbocycles. The van der Waals surface area contributed by atoms with Crippen LogP contribution in [0, 0.1) is 38.5 Å². The summed E-state index contributed by atoms with van der Waals surface area (Å²) >= 11 is 0. The molecular weight excluding hydrogens is 252 g/mol. The Hall–Kier alpha value is -1.64. The number of ketones is 1. The average molecular weight is 276 g/mol. The van der Waals surface area contributed by atoms with Gasteiger partial charge in [0.1, 0.15) is 0 Å². The lowest BCUT2D eigenvalue weighted by Crippen LogP contribution is -2.32. The Morgan fingerprint density at radius 1 is 1.00 bits per heavy atom. The van der Waals surface area contributed by atoms with Crippen LogP contribution in [0.5, 0.6) is 0 Å². The van der Waals surface area contributed by atoms with E-state index in [0.29, 0.717) is 5.56 Å². The van der Waals surface area contributed by atoms with Gasteiger partial charge >= 0.3 is 5.97 Å². The van der Waals surface area contributed by atoms with Gasteiger partial charge in [-0.05, 0) is 37.8 Å². The highest BCUT2D eigenvalue weighted by Crippen LogP contribution is 2.29. The third-order valence-corrected chi connectivity index (χ3v) is 3.87. The van der Waals surface area contributed by atoms with E-state index in [4.69, 9.17) is 0 Å². The molecule has 0 aromatic heterocycles. The average Bonchev–Trinajstić information content (AvgIpc) is 2.26. The number of hydrogen-bond donors (Lipinski definition) is 1. The lowest BCUT2D eigenvalue weighted by molar-refractivity contribution is -0.142. The van der Waals surface area contributed by atoms with E-state index in [2.05, 4.69) is 0 Å². The lowest BCUT2D eigenvalue weighted by atomic mass is 9.77. The van der Waals surface area contributed by atoms with Gasteiger partial charge in [0.2, 0.25) is 0 Å². The molecule has 0 bridgehead atoms. The topological polar surface area (TPSA) is 54.4 Å². The monoisotopic (exact) mass is 276 g/mol. The van der Waals surface area contributed by atoms with Crippen LogP contribution in [0.2, 0.25) is 0 Å². The molecule has 0 saturated heterocycles. The summed E-state index contributed by atoms with van der Waals surface area (Å²) in [6.07, 6.45) is 0. The van der Waals surface area contributed by atoms with Gasteiger partial charge in [0.05, 0.1) is 5.92 Å². The van der Waals surface area contributed by atoms with Crippen molar-refractivity contribution in [1.82, 2.24) is 0 Å². The Bertz CT molecular complexity index is 506. The molecule has 3 nitrogen and oxygen atoms in total.